The van der Waals surface area contributed by atoms with Crippen LogP contribution in [0.2, 0.25) is 30.7 Å². The van der Waals surface area contributed by atoms with Crippen molar-refractivity contribution in [2.75, 3.05) is 38.2 Å². The molecule has 6 rings (SSSR count). The van der Waals surface area contributed by atoms with Crippen molar-refractivity contribution in [3.05, 3.63) is 89.5 Å². The number of hydrogen-bond acceptors (Lipinski definition) is 8. The number of hydrogen-bond donors (Lipinski definition) is 2. The van der Waals surface area contributed by atoms with Gasteiger partial charge in [0.25, 0.3) is 0 Å². The van der Waals surface area contributed by atoms with E-state index in [1.807, 2.05) is 93.4 Å². The molecule has 2 aromatic heterocycles. The first-order valence-corrected chi connectivity index (χ1v) is 25.3. The van der Waals surface area contributed by atoms with Gasteiger partial charge in [0.15, 0.2) is 6.23 Å². The molecule has 3 aromatic carbocycles. The molecule has 2 amide bonds. The van der Waals surface area contributed by atoms with Crippen LogP contribution in [0.1, 0.15) is 70.4 Å². The minimum Gasteiger partial charge on any atom is -0.444 e. The van der Waals surface area contributed by atoms with Crippen molar-refractivity contribution in [1.29, 1.82) is 0 Å². The Morgan fingerprint density at radius 3 is 2.55 bits per heavy atom. The number of nitrogens with zero attached hydrogens (tertiary/aromatic N) is 5. The van der Waals surface area contributed by atoms with Gasteiger partial charge in [0.05, 0.1) is 29.4 Å². The Morgan fingerprint density at radius 2 is 1.83 bits per heavy atom. The lowest BCUT2D eigenvalue weighted by Crippen LogP contribution is -2.39. The highest BCUT2D eigenvalue weighted by Gasteiger charge is 2.25. The van der Waals surface area contributed by atoms with Crippen molar-refractivity contribution < 1.29 is 23.8 Å². The van der Waals surface area contributed by atoms with Gasteiger partial charge in [0.2, 0.25) is 5.91 Å². The molecule has 14 heteroatoms. The number of aryl methyl sites for hydroxylation is 1. The monoisotopic (exact) mass is 855 g/mol. The molecule has 1 fully saturated rings. The van der Waals surface area contributed by atoms with E-state index in [-0.39, 0.29) is 31.6 Å². The molecule has 0 spiro atoms. The Morgan fingerprint density at radius 1 is 1.03 bits per heavy atom. The number of aromatic nitrogens is 4. The molecule has 1 aliphatic heterocycles. The Labute approximate surface area is 360 Å². The van der Waals surface area contributed by atoms with E-state index >= 15 is 0 Å². The van der Waals surface area contributed by atoms with Gasteiger partial charge < -0.3 is 34.3 Å². The Balaban J connectivity index is 1.09. The van der Waals surface area contributed by atoms with Crippen molar-refractivity contribution in [2.45, 2.75) is 111 Å². The van der Waals surface area contributed by atoms with Crippen molar-refractivity contribution in [3.8, 4) is 22.4 Å². The lowest BCUT2D eigenvalue weighted by Gasteiger charge is -2.27. The third-order valence-electron chi connectivity index (χ3n) is 10.4. The van der Waals surface area contributed by atoms with Gasteiger partial charge in [-0.05, 0) is 88.7 Å². The van der Waals surface area contributed by atoms with E-state index < -0.39 is 19.8 Å². The molecule has 0 saturated carbocycles. The second-order valence-corrected chi connectivity index (χ2v) is 23.9. The highest BCUT2D eigenvalue weighted by atomic mass is 35.5. The maximum absolute atomic E-state index is 13.3. The van der Waals surface area contributed by atoms with Crippen LogP contribution >= 0.6 is 11.6 Å². The molecule has 5 aromatic rings. The fourth-order valence-electron chi connectivity index (χ4n) is 7.23. The fourth-order valence-corrected chi connectivity index (χ4v) is 8.29. The molecule has 1 aliphatic rings. The highest BCUT2D eigenvalue weighted by Crippen LogP contribution is 2.35. The molecule has 2 N–H and O–H groups in total. The SMILES string of the molecule is Cc1ncn(COCC[Si](C)(C)C)c1-c1cc(NCCCNC(=O)CCN(Cc2ccc(-c3ccccc3)c(Cl)c2)C(=O)OC(C)(C)C)c2cnn(C3CCCCO3)c2c1. The number of ether oxygens (including phenoxy) is 3. The van der Waals surface area contributed by atoms with Crippen LogP contribution in [0, 0.1) is 6.92 Å². The van der Waals surface area contributed by atoms with Crippen LogP contribution in [0.5, 0.6) is 0 Å². The summed E-state index contributed by atoms with van der Waals surface area (Å²) in [5.41, 5.74) is 6.97. The van der Waals surface area contributed by atoms with Crippen LogP contribution in [-0.4, -0.2) is 82.8 Å². The number of carbonyl (C=O) groups excluding carboxylic acids is 2. The average Bonchev–Trinajstić information content (AvgIpc) is 3.80. The molecular weight excluding hydrogens is 794 g/mol. The molecule has 1 atom stereocenters. The summed E-state index contributed by atoms with van der Waals surface area (Å²) in [6, 6.07) is 21.1. The molecule has 0 radical (unpaired) electrons. The van der Waals surface area contributed by atoms with Gasteiger partial charge in [-0.15, -0.1) is 0 Å². The molecule has 0 bridgehead atoms. The van der Waals surface area contributed by atoms with Gasteiger partial charge >= 0.3 is 6.09 Å². The highest BCUT2D eigenvalue weighted by molar-refractivity contribution is 6.76. The normalized spacial score (nSPS) is 14.6. The molecule has 0 aliphatic carbocycles. The number of anilines is 1. The van der Waals surface area contributed by atoms with E-state index in [0.29, 0.717) is 31.3 Å². The van der Waals surface area contributed by atoms with E-state index in [9.17, 15) is 9.59 Å². The Kier molecular flexibility index (Phi) is 15.1. The van der Waals surface area contributed by atoms with Gasteiger partial charge in [-0.2, -0.15) is 5.10 Å². The quantitative estimate of drug-likeness (QED) is 0.0659. The number of imidazole rings is 1. The lowest BCUT2D eigenvalue weighted by molar-refractivity contribution is -0.121. The molecule has 322 valence electrons. The van der Waals surface area contributed by atoms with Gasteiger partial charge in [0.1, 0.15) is 12.3 Å². The third kappa shape index (κ3) is 12.4. The van der Waals surface area contributed by atoms with E-state index in [4.69, 9.17) is 30.9 Å². The second kappa shape index (κ2) is 20.2. The standard InChI is InChI=1S/C46H62ClN7O5Si/c1-33-44(53(31-50-33)32-57-24-25-60(5,6)7)36-27-40(38-29-51-54(41(38)28-36)43-16-11-12-23-58-43)48-20-13-21-49-42(55)19-22-52(45(56)59-46(2,3)4)30-34-17-18-37(39(47)26-34)35-14-9-8-10-15-35/h8-10,14-15,17-18,26-29,31,43,48H,11-13,16,19-25,30,32H2,1-7H3,(H,49,55). The Hall–Kier alpha value is -4.69. The van der Waals surface area contributed by atoms with Crippen LogP contribution in [0.4, 0.5) is 10.5 Å². The first-order chi connectivity index (χ1) is 28.6. The number of carbonyl (C=O) groups is 2. The van der Waals surface area contributed by atoms with Crippen LogP contribution in [0.15, 0.2) is 73.2 Å². The van der Waals surface area contributed by atoms with Gasteiger partial charge in [-0.25, -0.2) is 14.5 Å². The van der Waals surface area contributed by atoms with Crippen LogP contribution in [0.3, 0.4) is 0 Å². The van der Waals surface area contributed by atoms with Crippen LogP contribution < -0.4 is 10.6 Å². The predicted molar refractivity (Wildman–Crippen MR) is 243 cm³/mol. The predicted octanol–water partition coefficient (Wildman–Crippen LogP) is 10.3. The van der Waals surface area contributed by atoms with Crippen molar-refractivity contribution >= 4 is 48.3 Å². The third-order valence-corrected chi connectivity index (χ3v) is 12.4. The summed E-state index contributed by atoms with van der Waals surface area (Å²) in [5, 5.41) is 13.1. The number of halogens is 1. The van der Waals surface area contributed by atoms with E-state index in [1.54, 1.807) is 4.90 Å². The molecule has 1 unspecified atom stereocenters. The largest absolute Gasteiger partial charge is 0.444 e. The number of benzene rings is 3. The minimum absolute atomic E-state index is 0.116. The number of fused-ring (bicyclic) bond motifs is 1. The van der Waals surface area contributed by atoms with E-state index in [2.05, 4.69) is 52.0 Å². The zero-order valence-electron chi connectivity index (χ0n) is 36.4. The number of amides is 2. The molecule has 12 nitrogen and oxygen atoms in total. The summed E-state index contributed by atoms with van der Waals surface area (Å²) in [7, 11) is -1.22. The molecule has 3 heterocycles. The smallest absolute Gasteiger partial charge is 0.410 e. The summed E-state index contributed by atoms with van der Waals surface area (Å²) in [6.45, 7) is 18.0. The zero-order chi connectivity index (χ0) is 42.9. The van der Waals surface area contributed by atoms with Gasteiger partial charge in [-0.3, -0.25) is 4.79 Å². The number of rotatable bonds is 18. The van der Waals surface area contributed by atoms with Gasteiger partial charge in [-0.1, -0.05) is 73.7 Å². The van der Waals surface area contributed by atoms with Gasteiger partial charge in [0, 0.05) is 81.1 Å². The maximum Gasteiger partial charge on any atom is 0.410 e. The minimum atomic E-state index is -1.22. The lowest BCUT2D eigenvalue weighted by atomic mass is 10.0. The zero-order valence-corrected chi connectivity index (χ0v) is 38.1. The summed E-state index contributed by atoms with van der Waals surface area (Å²) in [6.07, 6.45) is 7.04. The van der Waals surface area contributed by atoms with Crippen LogP contribution in [0.25, 0.3) is 33.3 Å². The van der Waals surface area contributed by atoms with Crippen molar-refractivity contribution in [2.24, 2.45) is 0 Å². The maximum atomic E-state index is 13.3. The van der Waals surface area contributed by atoms with Crippen LogP contribution in [-0.2, 0) is 32.3 Å². The summed E-state index contributed by atoms with van der Waals surface area (Å²) in [4.78, 5) is 32.7. The first-order valence-electron chi connectivity index (χ1n) is 21.2. The second-order valence-electron chi connectivity index (χ2n) is 17.8. The molecular formula is C46H62ClN7O5Si. The first kappa shape index (κ1) is 44.8. The molecule has 1 saturated heterocycles. The summed E-state index contributed by atoms with van der Waals surface area (Å²) < 4.78 is 22.1. The Bertz CT molecular complexity index is 2210. The fraction of sp³-hybridized carbons (Fsp3) is 0.478. The topological polar surface area (TPSA) is 125 Å². The van der Waals surface area contributed by atoms with Crippen molar-refractivity contribution in [1.82, 2.24) is 29.5 Å². The number of nitrogens with one attached hydrogen (secondary N) is 2. The summed E-state index contributed by atoms with van der Waals surface area (Å²) >= 11 is 6.70. The summed E-state index contributed by atoms with van der Waals surface area (Å²) in [5.74, 6) is -0.144. The van der Waals surface area contributed by atoms with E-state index in [1.165, 1.54) is 0 Å². The molecule has 60 heavy (non-hydrogen) atoms. The van der Waals surface area contributed by atoms with Crippen molar-refractivity contribution in [3.63, 3.8) is 0 Å². The van der Waals surface area contributed by atoms with E-state index in [0.717, 1.165) is 88.8 Å². The average molecular weight is 857 g/mol.